The topological polar surface area (TPSA) is 515 Å². The quantitative estimate of drug-likeness (QED) is 0.0145. The van der Waals surface area contributed by atoms with Crippen LogP contribution in [0, 0.1) is 5.92 Å². The van der Waals surface area contributed by atoms with E-state index < -0.39 is 59.0 Å². The highest BCUT2D eigenvalue weighted by Gasteiger charge is 2.40. The van der Waals surface area contributed by atoms with Gasteiger partial charge in [0.2, 0.25) is 23.6 Å². The van der Waals surface area contributed by atoms with Crippen LogP contribution in [-0.4, -0.2) is 212 Å². The summed E-state index contributed by atoms with van der Waals surface area (Å²) in [5.74, 6) is -2.92. The number of allylic oxidation sites excluding steroid dienone is 2. The molecule has 1 unspecified atom stereocenters. The molecule has 564 valence electrons. The van der Waals surface area contributed by atoms with Crippen LogP contribution in [-0.2, 0) is 52.9 Å². The Kier molecular flexibility index (Phi) is 39.1. The molecule has 0 saturated heterocycles. The summed E-state index contributed by atoms with van der Waals surface area (Å²) >= 11 is 22.4. The molecule has 9 rings (SSSR count). The molecule has 2 aliphatic rings. The molecule has 4 aromatic heterocycles. The Morgan fingerprint density at radius 1 is 0.865 bits per heavy atom. The molecule has 0 bridgehead atoms. The van der Waals surface area contributed by atoms with Gasteiger partial charge in [-0.1, -0.05) is 25.1 Å². The number of fused-ring (bicyclic) bond motifs is 3. The number of amides is 2. The van der Waals surface area contributed by atoms with Crippen molar-refractivity contribution in [2.45, 2.75) is 78.1 Å². The standard InChI is InChI=1S/C19H20N8O5.C13H18Cl2N2O2.C13H16N2O2.C13H14O5.C5H11Cl2N.C3H6O.C2H4N4/c20-15-14-16(27-19(21)26-15)23-8-11(24-14)7-22-10-3-1-9(2-4-10)17(30)25-12(18(31)32)5-6-13(28)29;14-5-7-17(8-6-15)11-3-1-10(2-4-11)9-12(16)13(18)19;1-9(16)14-6-5-10-8-15-13-4-3-11(17-2)7-12(10)13;1-5-7(3)18-4-8-9(5)6(2)11(14)10(12(8)15)13(16)17;1-8(4-2-6)5-3-7;1-2-3-4;3-2-4-1-5-6-2/h1-4,8,12,22H,5-7H2,(H,25,30)(H,28,29)(H,31,32)(H4,20,21,23,26,27);1-4,12H,5-9,16H2,(H,18,19);3-4,7-8,15H,5-6H2,1-2H3,(H,14,16);4-5,7,14H,1-3H3,(H,16,17);2-5H2,1H3;2,4H,1,3H2;1H,(H3,3,4,5,6)/t;12-;;5-,7-;;;/m.0.1.../s1. The zero-order valence-electron chi connectivity index (χ0n) is 58.1. The highest BCUT2D eigenvalue weighted by molar-refractivity contribution is 6.27. The zero-order valence-corrected chi connectivity index (χ0v) is 61.1. The van der Waals surface area contributed by atoms with Gasteiger partial charge in [-0.2, -0.15) is 15.1 Å². The number of benzene rings is 3. The Labute approximate surface area is 619 Å². The molecule has 4 atom stereocenters. The van der Waals surface area contributed by atoms with Crippen molar-refractivity contribution in [3.8, 4) is 5.75 Å². The number of methoxy groups -OCH3 is 1. The minimum Gasteiger partial charge on any atom is -0.507 e. The molecule has 2 amide bonds. The molecule has 36 heteroatoms. The number of nitrogens with zero attached hydrogens (tertiary/aromatic N) is 8. The number of carboxylic acids is 4. The van der Waals surface area contributed by atoms with E-state index in [1.807, 2.05) is 69.6 Å². The van der Waals surface area contributed by atoms with Crippen molar-refractivity contribution >= 4 is 139 Å². The number of H-pyrrole nitrogens is 2. The molecular weight excluding hydrogens is 1440 g/mol. The Morgan fingerprint density at radius 2 is 1.50 bits per heavy atom. The lowest BCUT2D eigenvalue weighted by Gasteiger charge is -2.32. The molecule has 1 aliphatic heterocycles. The molecule has 5 heterocycles. The van der Waals surface area contributed by atoms with Crippen LogP contribution in [0.15, 0.2) is 132 Å². The summed E-state index contributed by atoms with van der Waals surface area (Å²) < 4.78 is 10.5. The second-order valence-electron chi connectivity index (χ2n) is 22.4. The van der Waals surface area contributed by atoms with Gasteiger partial charge in [0.25, 0.3) is 5.91 Å². The maximum Gasteiger partial charge on any atom is 0.343 e. The first-order valence-corrected chi connectivity index (χ1v) is 34.0. The average molecular weight is 1530 g/mol. The molecule has 0 fully saturated rings. The number of aliphatic hydroxyl groups excluding tert-OH is 2. The Hall–Kier alpha value is -10.3. The van der Waals surface area contributed by atoms with Crippen LogP contribution in [0.1, 0.15) is 67.7 Å². The summed E-state index contributed by atoms with van der Waals surface area (Å²) in [6, 6.07) is 17.7. The average Bonchev–Trinajstić information content (AvgIpc) is 0.827. The second-order valence-corrected chi connectivity index (χ2v) is 24.0. The molecule has 19 N–H and O–H groups in total. The number of ether oxygens (including phenoxy) is 2. The number of nitrogens with one attached hydrogen (secondary N) is 5. The smallest absolute Gasteiger partial charge is 0.343 e. The van der Waals surface area contributed by atoms with Crippen LogP contribution in [0.3, 0.4) is 0 Å². The fourth-order valence-electron chi connectivity index (χ4n) is 9.32. The number of aromatic amines is 2. The minimum atomic E-state index is -1.43. The summed E-state index contributed by atoms with van der Waals surface area (Å²) in [6.07, 6.45) is 8.00. The van der Waals surface area contributed by atoms with Gasteiger partial charge in [-0.25, -0.2) is 29.6 Å². The summed E-state index contributed by atoms with van der Waals surface area (Å²) in [5, 5.41) is 68.5. The summed E-state index contributed by atoms with van der Waals surface area (Å²) in [6.45, 7) is 14.4. The lowest BCUT2D eigenvalue weighted by atomic mass is 9.78. The molecule has 7 aromatic rings. The largest absolute Gasteiger partial charge is 0.507 e. The second kappa shape index (κ2) is 46.3. The molecule has 0 radical (unpaired) electrons. The number of ketones is 1. The van der Waals surface area contributed by atoms with Crippen molar-refractivity contribution in [2.24, 2.45) is 11.7 Å². The van der Waals surface area contributed by atoms with Gasteiger partial charge in [0.1, 0.15) is 41.6 Å². The fraction of sp³-hybridized carbons (Fsp3) is 0.368. The maximum atomic E-state index is 12.3. The number of anilines is 5. The Morgan fingerprint density at radius 3 is 2.02 bits per heavy atom. The van der Waals surface area contributed by atoms with Gasteiger partial charge in [-0.3, -0.25) is 24.0 Å². The third-order valence-electron chi connectivity index (χ3n) is 14.9. The predicted octanol–water partition coefficient (Wildman–Crippen LogP) is 6.69. The van der Waals surface area contributed by atoms with Crippen molar-refractivity contribution in [1.29, 1.82) is 0 Å². The number of rotatable bonds is 27. The monoisotopic (exact) mass is 1520 g/mol. The SMILES string of the molecule is C=CCO.CC1=C2C(=CO[C@H](C)[C@H]2C)C(=O)C(C(=O)O)=C1O.CN(CCCl)CCCl.COc1ccc2[nH]cc(CCNC(C)=O)c2c1.N[C@@H](Cc1ccc(N(CCCl)CCCl)cc1)C(=O)O.Nc1nc(N)c2nc(CNc3ccc(C(=O)NC(CCC(=O)O)C(=O)O)cc3)cnc2n1.Nc1ncn[nH]1. The Balaban J connectivity index is 0.000000341. The minimum absolute atomic E-state index is 0.00224. The number of halogens is 4. The third kappa shape index (κ3) is 29.5. The van der Waals surface area contributed by atoms with Crippen LogP contribution in [0.25, 0.3) is 22.1 Å². The van der Waals surface area contributed by atoms with Gasteiger partial charge in [-0.15, -0.1) is 53.0 Å². The number of carbonyl (C=O) groups excluding carboxylic acids is 3. The van der Waals surface area contributed by atoms with Gasteiger partial charge in [-0.05, 0) is 117 Å². The lowest BCUT2D eigenvalue weighted by Crippen LogP contribution is -2.41. The first kappa shape index (κ1) is 87.9. The molecular formula is C68H89Cl4N17O15. The van der Waals surface area contributed by atoms with Gasteiger partial charge in [0, 0.05) is 110 Å². The molecule has 0 saturated carbocycles. The fourth-order valence-corrected chi connectivity index (χ4v) is 10.3. The number of alkyl halides is 4. The molecule has 3 aromatic carbocycles. The van der Waals surface area contributed by atoms with Crippen LogP contribution < -0.4 is 48.5 Å². The number of aliphatic hydroxyl groups is 2. The van der Waals surface area contributed by atoms with E-state index in [-0.39, 0.29) is 65.9 Å². The van der Waals surface area contributed by atoms with Crippen molar-refractivity contribution in [3.05, 3.63) is 155 Å². The number of hydrogen-bond acceptors (Lipinski definition) is 24. The van der Waals surface area contributed by atoms with E-state index in [4.69, 9.17) is 104 Å². The predicted molar refractivity (Wildman–Crippen MR) is 400 cm³/mol. The van der Waals surface area contributed by atoms with E-state index in [2.05, 4.69) is 72.4 Å². The number of carboxylic acid groups (broad SMARTS) is 4. The van der Waals surface area contributed by atoms with E-state index in [0.29, 0.717) is 77.0 Å². The number of nitrogen functional groups attached to an aromatic ring is 3. The molecule has 0 spiro atoms. The number of aliphatic carboxylic acids is 4. The van der Waals surface area contributed by atoms with Crippen molar-refractivity contribution < 1.29 is 73.7 Å². The van der Waals surface area contributed by atoms with Crippen LogP contribution in [0.4, 0.5) is 29.1 Å². The summed E-state index contributed by atoms with van der Waals surface area (Å²) in [7, 11) is 3.66. The molecule has 1 aliphatic carbocycles. The van der Waals surface area contributed by atoms with Crippen LogP contribution in [0.5, 0.6) is 5.75 Å². The number of Topliss-reactive ketones (excluding diaryl/α,β-unsaturated/α-hetero) is 1. The van der Waals surface area contributed by atoms with Gasteiger partial charge in [0.15, 0.2) is 17.0 Å². The molecule has 104 heavy (non-hydrogen) atoms. The Bertz CT molecular complexity index is 4020. The highest BCUT2D eigenvalue weighted by atomic mass is 35.5. The van der Waals surface area contributed by atoms with Crippen molar-refractivity contribution in [3.63, 3.8) is 0 Å². The van der Waals surface area contributed by atoms with Gasteiger partial charge >= 0.3 is 23.9 Å². The summed E-state index contributed by atoms with van der Waals surface area (Å²) in [5.41, 5.74) is 28.9. The number of carbonyl (C=O) groups is 7. The van der Waals surface area contributed by atoms with Crippen molar-refractivity contribution in [1.82, 2.24) is 55.6 Å². The van der Waals surface area contributed by atoms with Gasteiger partial charge < -0.3 is 93.8 Å². The van der Waals surface area contributed by atoms with E-state index in [9.17, 15) is 38.7 Å². The highest BCUT2D eigenvalue weighted by Crippen LogP contribution is 2.39. The molecule has 32 nitrogen and oxygen atoms in total. The third-order valence-corrected chi connectivity index (χ3v) is 15.6. The first-order chi connectivity index (χ1) is 49.5. The van der Waals surface area contributed by atoms with Crippen LogP contribution in [0.2, 0.25) is 0 Å². The normalized spacial score (nSPS) is 13.9. The number of hydrogen-bond donors (Lipinski definition) is 15. The van der Waals surface area contributed by atoms with E-state index >= 15 is 0 Å². The van der Waals surface area contributed by atoms with Crippen LogP contribution >= 0.6 is 46.4 Å². The van der Waals surface area contributed by atoms with Gasteiger partial charge in [0.05, 0.1) is 44.0 Å². The number of nitrogens with two attached hydrogens (primary N) is 4. The van der Waals surface area contributed by atoms with E-state index in [0.717, 1.165) is 60.5 Å². The maximum absolute atomic E-state index is 12.3. The van der Waals surface area contributed by atoms with E-state index in [1.165, 1.54) is 49.5 Å². The lowest BCUT2D eigenvalue weighted by molar-refractivity contribution is -0.141. The zero-order chi connectivity index (χ0) is 77.6. The first-order valence-electron chi connectivity index (χ1n) is 31.9. The van der Waals surface area contributed by atoms with E-state index in [1.54, 1.807) is 26.2 Å². The number of aromatic nitrogens is 8. The van der Waals surface area contributed by atoms with Crippen molar-refractivity contribution in [2.75, 3.05) is 104 Å². The summed E-state index contributed by atoms with van der Waals surface area (Å²) in [4.78, 5) is 106.